The number of aryl methyl sites for hydroxylation is 1. The number of rotatable bonds is 6. The topological polar surface area (TPSA) is 56.7 Å². The maximum absolute atomic E-state index is 12.8. The van der Waals surface area contributed by atoms with Gasteiger partial charge in [-0.2, -0.15) is 25.8 Å². The van der Waals surface area contributed by atoms with E-state index in [9.17, 15) is 17.4 Å². The lowest BCUT2D eigenvalue weighted by molar-refractivity contribution is -0.141. The second-order valence-corrected chi connectivity index (χ2v) is 10.8. The zero-order chi connectivity index (χ0) is 21.0. The standard InChI is InChI=1S/C19H26F3N3O2S2/c1-12-16(2-3-17(23-12)19(20,21)22)29(27)25-10-18(11-25)8-24(9-18)14-6-13(7-14)15(28)4-5-26/h2-3,13-15,26,28H,4-11H2,1H3. The van der Waals surface area contributed by atoms with Crippen molar-refractivity contribution in [2.75, 3.05) is 32.8 Å². The van der Waals surface area contributed by atoms with E-state index in [1.165, 1.54) is 13.0 Å². The molecule has 0 bridgehead atoms. The summed E-state index contributed by atoms with van der Waals surface area (Å²) >= 11 is 4.57. The van der Waals surface area contributed by atoms with Crippen LogP contribution >= 0.6 is 12.6 Å². The van der Waals surface area contributed by atoms with Gasteiger partial charge in [-0.3, -0.25) is 4.90 Å². The predicted octanol–water partition coefficient (Wildman–Crippen LogP) is 2.51. The lowest BCUT2D eigenvalue weighted by atomic mass is 9.69. The highest BCUT2D eigenvalue weighted by Crippen LogP contribution is 2.47. The van der Waals surface area contributed by atoms with Crippen molar-refractivity contribution in [3.63, 3.8) is 0 Å². The monoisotopic (exact) mass is 449 g/mol. The average molecular weight is 450 g/mol. The van der Waals surface area contributed by atoms with Crippen LogP contribution in [0.3, 0.4) is 0 Å². The largest absolute Gasteiger partial charge is 0.433 e. The van der Waals surface area contributed by atoms with Gasteiger partial charge >= 0.3 is 6.18 Å². The molecule has 1 spiro atoms. The van der Waals surface area contributed by atoms with E-state index >= 15 is 0 Å². The van der Waals surface area contributed by atoms with Crippen LogP contribution in [0.1, 0.15) is 30.7 Å². The Bertz CT molecular complexity index is 787. The molecule has 1 aromatic rings. The van der Waals surface area contributed by atoms with Crippen LogP contribution in [0.15, 0.2) is 17.0 Å². The summed E-state index contributed by atoms with van der Waals surface area (Å²) in [5, 5.41) is 9.29. The fraction of sp³-hybridized carbons (Fsp3) is 0.737. The zero-order valence-corrected chi connectivity index (χ0v) is 17.9. The highest BCUT2D eigenvalue weighted by molar-refractivity contribution is 7.82. The van der Waals surface area contributed by atoms with Crippen LogP contribution in [0.25, 0.3) is 0 Å². The van der Waals surface area contributed by atoms with Gasteiger partial charge in [0, 0.05) is 49.5 Å². The molecule has 1 aliphatic carbocycles. The average Bonchev–Trinajstić information content (AvgIpc) is 2.52. The molecule has 0 radical (unpaired) electrons. The molecule has 5 nitrogen and oxygen atoms in total. The van der Waals surface area contributed by atoms with Crippen LogP contribution in [0.2, 0.25) is 0 Å². The molecule has 10 heteroatoms. The number of thiol groups is 1. The quantitative estimate of drug-likeness (QED) is 0.656. The number of aliphatic hydroxyl groups is 1. The molecular weight excluding hydrogens is 423 g/mol. The van der Waals surface area contributed by atoms with Crippen LogP contribution in [0.4, 0.5) is 13.2 Å². The molecule has 3 heterocycles. The highest BCUT2D eigenvalue weighted by atomic mass is 32.2. The molecule has 0 aromatic carbocycles. The fourth-order valence-corrected chi connectivity index (χ4v) is 6.63. The number of aliphatic hydroxyl groups excluding tert-OH is 1. The van der Waals surface area contributed by atoms with Crippen molar-refractivity contribution in [3.8, 4) is 0 Å². The van der Waals surface area contributed by atoms with Gasteiger partial charge in [-0.15, -0.1) is 0 Å². The Kier molecular flexibility index (Phi) is 5.78. The SMILES string of the molecule is Cc1nc(C(F)(F)F)ccc1S(=O)N1CC2(CN(C3CC(C(S)CCO)C3)C2)C1. The first-order valence-electron chi connectivity index (χ1n) is 9.86. The Morgan fingerprint density at radius 3 is 2.52 bits per heavy atom. The summed E-state index contributed by atoms with van der Waals surface area (Å²) in [7, 11) is -1.48. The predicted molar refractivity (Wildman–Crippen MR) is 107 cm³/mol. The maximum Gasteiger partial charge on any atom is 0.433 e. The number of nitrogens with zero attached hydrogens (tertiary/aromatic N) is 3. The van der Waals surface area contributed by atoms with E-state index in [1.807, 2.05) is 4.31 Å². The van der Waals surface area contributed by atoms with Gasteiger partial charge in [0.05, 0.1) is 10.6 Å². The first kappa shape index (κ1) is 21.5. The number of hydrogen-bond donors (Lipinski definition) is 2. The molecule has 1 aromatic heterocycles. The minimum absolute atomic E-state index is 0.166. The van der Waals surface area contributed by atoms with Crippen molar-refractivity contribution in [1.82, 2.24) is 14.2 Å². The minimum Gasteiger partial charge on any atom is -0.396 e. The van der Waals surface area contributed by atoms with E-state index in [0.29, 0.717) is 29.9 Å². The molecule has 2 atom stereocenters. The third kappa shape index (κ3) is 4.11. The first-order chi connectivity index (χ1) is 13.6. The Labute approximate surface area is 176 Å². The molecule has 4 rings (SSSR count). The van der Waals surface area contributed by atoms with Crippen LogP contribution in [-0.4, -0.2) is 67.6 Å². The Morgan fingerprint density at radius 1 is 1.31 bits per heavy atom. The van der Waals surface area contributed by atoms with Gasteiger partial charge in [-0.05, 0) is 44.2 Å². The molecule has 1 saturated carbocycles. The van der Waals surface area contributed by atoms with Gasteiger partial charge in [0.2, 0.25) is 0 Å². The van der Waals surface area contributed by atoms with E-state index in [-0.39, 0.29) is 23.0 Å². The third-order valence-corrected chi connectivity index (χ3v) is 8.70. The summed E-state index contributed by atoms with van der Waals surface area (Å²) in [6.07, 6.45) is -1.51. The second-order valence-electron chi connectivity index (χ2n) is 8.69. The number of halogens is 3. The minimum atomic E-state index is -4.49. The second kappa shape index (κ2) is 7.78. The number of hydrogen-bond acceptors (Lipinski definition) is 5. The van der Waals surface area contributed by atoms with E-state index in [0.717, 1.165) is 38.4 Å². The van der Waals surface area contributed by atoms with Gasteiger partial charge in [-0.25, -0.2) is 13.5 Å². The van der Waals surface area contributed by atoms with Gasteiger partial charge < -0.3 is 5.11 Å². The summed E-state index contributed by atoms with van der Waals surface area (Å²) < 4.78 is 52.9. The number of pyridine rings is 1. The van der Waals surface area contributed by atoms with Crippen molar-refractivity contribution < 1.29 is 22.5 Å². The van der Waals surface area contributed by atoms with Gasteiger partial charge in [0.25, 0.3) is 0 Å². The molecule has 0 amide bonds. The van der Waals surface area contributed by atoms with Crippen LogP contribution in [0.5, 0.6) is 0 Å². The molecule has 29 heavy (non-hydrogen) atoms. The highest BCUT2D eigenvalue weighted by Gasteiger charge is 2.56. The summed E-state index contributed by atoms with van der Waals surface area (Å²) in [5.74, 6) is 0.576. The number of aromatic nitrogens is 1. The van der Waals surface area contributed by atoms with E-state index in [2.05, 4.69) is 22.5 Å². The van der Waals surface area contributed by atoms with E-state index < -0.39 is 22.9 Å². The first-order valence-corrected chi connectivity index (χ1v) is 11.5. The van der Waals surface area contributed by atoms with Crippen molar-refractivity contribution in [2.45, 2.75) is 48.5 Å². The normalized spacial score (nSPS) is 29.0. The molecule has 2 unspecified atom stereocenters. The van der Waals surface area contributed by atoms with Gasteiger partial charge in [0.1, 0.15) is 16.7 Å². The van der Waals surface area contributed by atoms with Crippen LogP contribution in [-0.2, 0) is 17.2 Å². The number of alkyl halides is 3. The Hall–Kier alpha value is -0.680. The Balaban J connectivity index is 1.26. The summed E-state index contributed by atoms with van der Waals surface area (Å²) in [4.78, 5) is 6.42. The summed E-state index contributed by atoms with van der Waals surface area (Å²) in [5.41, 5.74) is -0.620. The van der Waals surface area contributed by atoms with Crippen LogP contribution in [0, 0.1) is 18.3 Å². The smallest absolute Gasteiger partial charge is 0.396 e. The molecule has 162 valence electrons. The van der Waals surface area contributed by atoms with Crippen molar-refractivity contribution in [3.05, 3.63) is 23.5 Å². The molecule has 2 aliphatic heterocycles. The van der Waals surface area contributed by atoms with E-state index in [1.54, 1.807) is 0 Å². The maximum atomic E-state index is 12.8. The van der Waals surface area contributed by atoms with Crippen molar-refractivity contribution in [2.24, 2.45) is 11.3 Å². The van der Waals surface area contributed by atoms with Gasteiger partial charge in [0.15, 0.2) is 0 Å². The van der Waals surface area contributed by atoms with Crippen molar-refractivity contribution >= 4 is 23.6 Å². The van der Waals surface area contributed by atoms with Crippen molar-refractivity contribution in [1.29, 1.82) is 0 Å². The molecule has 2 saturated heterocycles. The number of likely N-dealkylation sites (tertiary alicyclic amines) is 1. The third-order valence-electron chi connectivity index (χ3n) is 6.49. The molecule has 1 N–H and O–H groups in total. The van der Waals surface area contributed by atoms with Crippen LogP contribution < -0.4 is 0 Å². The molecule has 3 fully saturated rings. The fourth-order valence-electron chi connectivity index (χ4n) is 4.73. The lowest BCUT2D eigenvalue weighted by Gasteiger charge is -2.63. The summed E-state index contributed by atoms with van der Waals surface area (Å²) in [6.45, 7) is 5.03. The zero-order valence-electron chi connectivity index (χ0n) is 16.2. The Morgan fingerprint density at radius 2 is 1.97 bits per heavy atom. The molecule has 3 aliphatic rings. The van der Waals surface area contributed by atoms with Gasteiger partial charge in [-0.1, -0.05) is 0 Å². The van der Waals surface area contributed by atoms with E-state index in [4.69, 9.17) is 5.11 Å². The lowest BCUT2D eigenvalue weighted by Crippen LogP contribution is -2.74. The summed E-state index contributed by atoms with van der Waals surface area (Å²) in [6, 6.07) is 2.77. The molecular formula is C19H26F3N3O2S2.